The summed E-state index contributed by atoms with van der Waals surface area (Å²) in [6, 6.07) is 3.93. The van der Waals surface area contributed by atoms with Gasteiger partial charge in [0, 0.05) is 10.2 Å². The Labute approximate surface area is 68.9 Å². The molecule has 1 heterocycles. The van der Waals surface area contributed by atoms with Gasteiger partial charge in [-0.15, -0.1) is 0 Å². The van der Waals surface area contributed by atoms with Gasteiger partial charge < -0.3 is 0 Å². The Morgan fingerprint density at radius 2 is 2.30 bits per heavy atom. The van der Waals surface area contributed by atoms with Crippen molar-refractivity contribution < 1.29 is 0 Å². The van der Waals surface area contributed by atoms with E-state index >= 15 is 0 Å². The third-order valence-corrected chi connectivity index (χ3v) is 1.88. The molecule has 0 aliphatic rings. The molecule has 0 amide bonds. The minimum Gasteiger partial charge on any atom is -0.253 e. The van der Waals surface area contributed by atoms with Crippen molar-refractivity contribution in [3.05, 3.63) is 34.6 Å². The van der Waals surface area contributed by atoms with Gasteiger partial charge in [0.05, 0.1) is 5.69 Å². The number of aryl methyl sites for hydroxylation is 1. The van der Waals surface area contributed by atoms with Gasteiger partial charge in [0.2, 0.25) is 0 Å². The van der Waals surface area contributed by atoms with Crippen molar-refractivity contribution in [2.75, 3.05) is 0 Å². The summed E-state index contributed by atoms with van der Waals surface area (Å²) in [4.78, 5) is 4.23. The van der Waals surface area contributed by atoms with E-state index in [0.29, 0.717) is 0 Å². The Morgan fingerprint density at radius 3 is 2.80 bits per heavy atom. The third kappa shape index (κ3) is 1.45. The number of hydrogen-bond donors (Lipinski definition) is 0. The SMILES string of the molecule is C=Cc1nc(C)ccc1Br. The third-order valence-electron chi connectivity index (χ3n) is 1.21. The highest BCUT2D eigenvalue weighted by molar-refractivity contribution is 9.10. The molecule has 2 heteroatoms. The molecular weight excluding hydrogens is 190 g/mol. The van der Waals surface area contributed by atoms with Gasteiger partial charge in [-0.3, -0.25) is 4.98 Å². The summed E-state index contributed by atoms with van der Waals surface area (Å²) in [6.45, 7) is 5.60. The van der Waals surface area contributed by atoms with Crippen LogP contribution in [-0.4, -0.2) is 4.98 Å². The lowest BCUT2D eigenvalue weighted by Gasteiger charge is -1.97. The van der Waals surface area contributed by atoms with Gasteiger partial charge in [0.25, 0.3) is 0 Å². The van der Waals surface area contributed by atoms with Crippen LogP contribution in [0.2, 0.25) is 0 Å². The van der Waals surface area contributed by atoms with Gasteiger partial charge in [-0.1, -0.05) is 6.58 Å². The van der Waals surface area contributed by atoms with Gasteiger partial charge in [-0.05, 0) is 41.1 Å². The van der Waals surface area contributed by atoms with E-state index < -0.39 is 0 Å². The molecule has 1 aromatic rings. The molecule has 52 valence electrons. The van der Waals surface area contributed by atoms with Crippen LogP contribution in [0.15, 0.2) is 23.2 Å². The molecular formula is C8H8BrN. The monoisotopic (exact) mass is 197 g/mol. The van der Waals surface area contributed by atoms with E-state index in [9.17, 15) is 0 Å². The van der Waals surface area contributed by atoms with Crippen molar-refractivity contribution in [3.8, 4) is 0 Å². The first kappa shape index (κ1) is 7.48. The minimum atomic E-state index is 0.903. The maximum atomic E-state index is 4.23. The number of halogens is 1. The topological polar surface area (TPSA) is 12.9 Å². The highest BCUT2D eigenvalue weighted by Gasteiger charge is 1.94. The Kier molecular flexibility index (Phi) is 2.22. The van der Waals surface area contributed by atoms with Gasteiger partial charge >= 0.3 is 0 Å². The number of pyridine rings is 1. The second kappa shape index (κ2) is 2.97. The van der Waals surface area contributed by atoms with Crippen LogP contribution in [0.4, 0.5) is 0 Å². The smallest absolute Gasteiger partial charge is 0.0768 e. The van der Waals surface area contributed by atoms with Gasteiger partial charge in [-0.2, -0.15) is 0 Å². The van der Waals surface area contributed by atoms with Crippen LogP contribution in [0, 0.1) is 6.92 Å². The average Bonchev–Trinajstić information content (AvgIpc) is 1.94. The summed E-state index contributed by atoms with van der Waals surface area (Å²) in [6.07, 6.45) is 1.73. The summed E-state index contributed by atoms with van der Waals surface area (Å²) in [7, 11) is 0. The minimum absolute atomic E-state index is 0.903. The molecule has 0 fully saturated rings. The molecule has 1 rings (SSSR count). The quantitative estimate of drug-likeness (QED) is 0.676. The Bertz CT molecular complexity index is 255. The predicted molar refractivity (Wildman–Crippen MR) is 46.8 cm³/mol. The summed E-state index contributed by atoms with van der Waals surface area (Å²) in [5.74, 6) is 0. The molecule has 0 radical (unpaired) electrons. The number of hydrogen-bond acceptors (Lipinski definition) is 1. The zero-order valence-electron chi connectivity index (χ0n) is 5.76. The fourth-order valence-corrected chi connectivity index (χ4v) is 1.09. The van der Waals surface area contributed by atoms with Crippen LogP contribution >= 0.6 is 15.9 Å². The molecule has 0 aliphatic heterocycles. The molecule has 10 heavy (non-hydrogen) atoms. The lowest BCUT2D eigenvalue weighted by molar-refractivity contribution is 1.17. The Morgan fingerprint density at radius 1 is 1.60 bits per heavy atom. The fraction of sp³-hybridized carbons (Fsp3) is 0.125. The largest absolute Gasteiger partial charge is 0.253 e. The summed E-state index contributed by atoms with van der Waals surface area (Å²) in [5, 5.41) is 0. The molecule has 1 nitrogen and oxygen atoms in total. The first-order valence-electron chi connectivity index (χ1n) is 2.99. The molecule has 0 N–H and O–H groups in total. The highest BCUT2D eigenvalue weighted by atomic mass is 79.9. The zero-order valence-corrected chi connectivity index (χ0v) is 7.35. The molecule has 1 aromatic heterocycles. The molecule has 0 saturated carbocycles. The molecule has 0 aliphatic carbocycles. The normalized spacial score (nSPS) is 9.40. The van der Waals surface area contributed by atoms with Crippen LogP contribution < -0.4 is 0 Å². The van der Waals surface area contributed by atoms with Crippen molar-refractivity contribution in [3.63, 3.8) is 0 Å². The van der Waals surface area contributed by atoms with E-state index in [1.807, 2.05) is 19.1 Å². The summed E-state index contributed by atoms with van der Waals surface area (Å²) < 4.78 is 0.994. The van der Waals surface area contributed by atoms with Crippen LogP contribution in [0.1, 0.15) is 11.4 Å². The second-order valence-electron chi connectivity index (χ2n) is 2.02. The lowest BCUT2D eigenvalue weighted by Crippen LogP contribution is -1.85. The number of rotatable bonds is 1. The molecule has 0 bridgehead atoms. The van der Waals surface area contributed by atoms with Gasteiger partial charge in [0.1, 0.15) is 0 Å². The zero-order chi connectivity index (χ0) is 7.56. The fourth-order valence-electron chi connectivity index (χ4n) is 0.703. The van der Waals surface area contributed by atoms with Crippen molar-refractivity contribution >= 4 is 22.0 Å². The highest BCUT2D eigenvalue weighted by Crippen LogP contribution is 2.15. The maximum absolute atomic E-state index is 4.23. The van der Waals surface area contributed by atoms with Gasteiger partial charge in [-0.25, -0.2) is 0 Å². The molecule has 0 spiro atoms. The van der Waals surface area contributed by atoms with E-state index in [0.717, 1.165) is 15.9 Å². The summed E-state index contributed by atoms with van der Waals surface area (Å²) in [5.41, 5.74) is 1.91. The van der Waals surface area contributed by atoms with E-state index in [-0.39, 0.29) is 0 Å². The van der Waals surface area contributed by atoms with E-state index in [1.54, 1.807) is 6.08 Å². The standard InChI is InChI=1S/C8H8BrN/c1-3-8-7(9)5-4-6(2)10-8/h3-5H,1H2,2H3. The van der Waals surface area contributed by atoms with Crippen LogP contribution in [0.5, 0.6) is 0 Å². The number of nitrogens with zero attached hydrogens (tertiary/aromatic N) is 1. The van der Waals surface area contributed by atoms with Crippen LogP contribution in [-0.2, 0) is 0 Å². The van der Waals surface area contributed by atoms with Crippen LogP contribution in [0.25, 0.3) is 6.08 Å². The van der Waals surface area contributed by atoms with Crippen molar-refractivity contribution in [1.29, 1.82) is 0 Å². The lowest BCUT2D eigenvalue weighted by atomic mass is 10.3. The molecule has 0 aromatic carbocycles. The van der Waals surface area contributed by atoms with E-state index in [2.05, 4.69) is 27.5 Å². The Balaban J connectivity index is 3.21. The molecule has 0 unspecified atom stereocenters. The van der Waals surface area contributed by atoms with Gasteiger partial charge in [0.15, 0.2) is 0 Å². The van der Waals surface area contributed by atoms with Crippen LogP contribution in [0.3, 0.4) is 0 Å². The van der Waals surface area contributed by atoms with Crippen molar-refractivity contribution in [2.45, 2.75) is 6.92 Å². The molecule has 0 atom stereocenters. The number of aromatic nitrogens is 1. The van der Waals surface area contributed by atoms with Crippen molar-refractivity contribution in [2.24, 2.45) is 0 Å². The van der Waals surface area contributed by atoms with E-state index in [1.165, 1.54) is 0 Å². The second-order valence-corrected chi connectivity index (χ2v) is 2.88. The maximum Gasteiger partial charge on any atom is 0.0768 e. The van der Waals surface area contributed by atoms with Crippen molar-refractivity contribution in [1.82, 2.24) is 4.98 Å². The Hall–Kier alpha value is -0.630. The van der Waals surface area contributed by atoms with E-state index in [4.69, 9.17) is 0 Å². The predicted octanol–water partition coefficient (Wildman–Crippen LogP) is 2.80. The first-order chi connectivity index (χ1) is 4.74. The molecule has 0 saturated heterocycles. The summed E-state index contributed by atoms with van der Waals surface area (Å²) >= 11 is 3.36. The average molecular weight is 198 g/mol. The first-order valence-corrected chi connectivity index (χ1v) is 3.79.